The van der Waals surface area contributed by atoms with Gasteiger partial charge in [0.25, 0.3) is 0 Å². The van der Waals surface area contributed by atoms with Crippen molar-refractivity contribution in [3.8, 4) is 23.0 Å². The van der Waals surface area contributed by atoms with Crippen LogP contribution < -0.4 is 24.3 Å². The maximum absolute atomic E-state index is 12.6. The molecule has 1 aromatic heterocycles. The summed E-state index contributed by atoms with van der Waals surface area (Å²) in [5, 5.41) is 2.90. The molecule has 3 rings (SSSR count). The fourth-order valence-corrected chi connectivity index (χ4v) is 3.14. The van der Waals surface area contributed by atoms with E-state index < -0.39 is 0 Å². The second kappa shape index (κ2) is 9.16. The fraction of sp³-hybridized carbons (Fsp3) is 0.400. The lowest BCUT2D eigenvalue weighted by Crippen LogP contribution is -2.43. The van der Waals surface area contributed by atoms with Crippen LogP contribution in [0.25, 0.3) is 0 Å². The Hall–Kier alpha value is -3.16. The highest BCUT2D eigenvalue weighted by molar-refractivity contribution is 5.90. The minimum Gasteiger partial charge on any atom is -0.493 e. The van der Waals surface area contributed by atoms with Crippen molar-refractivity contribution in [2.24, 2.45) is 0 Å². The molecule has 0 saturated carbocycles. The molecule has 1 saturated heterocycles. The molecule has 0 spiro atoms. The van der Waals surface area contributed by atoms with Gasteiger partial charge in [0.15, 0.2) is 11.5 Å². The molecule has 150 valence electrons. The van der Waals surface area contributed by atoms with Crippen molar-refractivity contribution in [2.45, 2.75) is 18.9 Å². The summed E-state index contributed by atoms with van der Waals surface area (Å²) in [7, 11) is 4.61. The van der Waals surface area contributed by atoms with Crippen LogP contribution in [0.3, 0.4) is 0 Å². The van der Waals surface area contributed by atoms with Crippen LogP contribution in [0.5, 0.6) is 23.0 Å². The maximum atomic E-state index is 12.6. The monoisotopic (exact) mass is 387 g/mol. The maximum Gasteiger partial charge on any atom is 0.321 e. The van der Waals surface area contributed by atoms with Gasteiger partial charge in [-0.1, -0.05) is 0 Å². The van der Waals surface area contributed by atoms with Crippen LogP contribution in [0.2, 0.25) is 0 Å². The van der Waals surface area contributed by atoms with Gasteiger partial charge in [0, 0.05) is 50.5 Å². The molecule has 1 aliphatic rings. The number of nitrogens with zero attached hydrogens (tertiary/aromatic N) is 2. The van der Waals surface area contributed by atoms with E-state index in [1.807, 2.05) is 12.1 Å². The van der Waals surface area contributed by atoms with Crippen molar-refractivity contribution in [1.29, 1.82) is 0 Å². The zero-order valence-electron chi connectivity index (χ0n) is 16.3. The first kappa shape index (κ1) is 19.6. The first-order valence-electron chi connectivity index (χ1n) is 9.07. The van der Waals surface area contributed by atoms with Crippen molar-refractivity contribution < 1.29 is 23.7 Å². The van der Waals surface area contributed by atoms with Crippen molar-refractivity contribution in [3.05, 3.63) is 36.7 Å². The third-order valence-electron chi connectivity index (χ3n) is 4.60. The molecule has 2 amide bonds. The van der Waals surface area contributed by atoms with E-state index in [9.17, 15) is 4.79 Å². The Morgan fingerprint density at radius 2 is 1.64 bits per heavy atom. The molecule has 2 aromatic rings. The highest BCUT2D eigenvalue weighted by Crippen LogP contribution is 2.40. The van der Waals surface area contributed by atoms with Gasteiger partial charge < -0.3 is 29.2 Å². The number of pyridine rings is 1. The van der Waals surface area contributed by atoms with E-state index in [2.05, 4.69) is 10.3 Å². The number of hydrogen-bond acceptors (Lipinski definition) is 6. The Morgan fingerprint density at radius 1 is 1.04 bits per heavy atom. The van der Waals surface area contributed by atoms with E-state index in [1.165, 1.54) is 21.3 Å². The molecule has 0 bridgehead atoms. The molecular weight excluding hydrogens is 362 g/mol. The largest absolute Gasteiger partial charge is 0.493 e. The number of rotatable bonds is 6. The van der Waals surface area contributed by atoms with Gasteiger partial charge in [-0.15, -0.1) is 0 Å². The predicted octanol–water partition coefficient (Wildman–Crippen LogP) is 3.18. The summed E-state index contributed by atoms with van der Waals surface area (Å²) < 4.78 is 21.9. The summed E-state index contributed by atoms with van der Waals surface area (Å²) in [6, 6.07) is 6.92. The van der Waals surface area contributed by atoms with Gasteiger partial charge in [-0.3, -0.25) is 4.98 Å². The molecule has 0 radical (unpaired) electrons. The number of nitrogens with one attached hydrogen (secondary N) is 1. The molecule has 1 fully saturated rings. The molecule has 1 aliphatic heterocycles. The zero-order chi connectivity index (χ0) is 19.9. The van der Waals surface area contributed by atoms with Gasteiger partial charge >= 0.3 is 6.03 Å². The molecule has 2 heterocycles. The molecule has 8 heteroatoms. The summed E-state index contributed by atoms with van der Waals surface area (Å²) >= 11 is 0. The van der Waals surface area contributed by atoms with Crippen molar-refractivity contribution in [3.63, 3.8) is 0 Å². The van der Waals surface area contributed by atoms with Gasteiger partial charge in [0.2, 0.25) is 5.75 Å². The predicted molar refractivity (Wildman–Crippen MR) is 105 cm³/mol. The molecule has 0 atom stereocenters. The van der Waals surface area contributed by atoms with Gasteiger partial charge in [-0.2, -0.15) is 0 Å². The van der Waals surface area contributed by atoms with Crippen LogP contribution in [0.1, 0.15) is 12.8 Å². The van der Waals surface area contributed by atoms with E-state index in [1.54, 1.807) is 29.4 Å². The molecule has 28 heavy (non-hydrogen) atoms. The number of carbonyl (C=O) groups is 1. The number of anilines is 1. The molecule has 8 nitrogen and oxygen atoms in total. The van der Waals surface area contributed by atoms with Gasteiger partial charge in [0.05, 0.1) is 27.0 Å². The van der Waals surface area contributed by atoms with Crippen molar-refractivity contribution in [2.75, 3.05) is 39.7 Å². The standard InChI is InChI=1S/C20H25N3O5/c1-25-17-12-14(13-18(26-2)19(17)27-3)22-20(24)23-10-6-16(7-11-23)28-15-4-8-21-9-5-15/h4-5,8-9,12-13,16H,6-7,10-11H2,1-3H3,(H,22,24). The topological polar surface area (TPSA) is 82.2 Å². The van der Waals surface area contributed by atoms with Crippen molar-refractivity contribution >= 4 is 11.7 Å². The number of benzene rings is 1. The van der Waals surface area contributed by atoms with E-state index >= 15 is 0 Å². The number of hydrogen-bond donors (Lipinski definition) is 1. The number of ether oxygens (including phenoxy) is 4. The number of amides is 2. The summed E-state index contributed by atoms with van der Waals surface area (Å²) in [5.74, 6) is 2.26. The third kappa shape index (κ3) is 4.57. The Kier molecular flexibility index (Phi) is 6.41. The summed E-state index contributed by atoms with van der Waals surface area (Å²) in [4.78, 5) is 18.4. The minimum absolute atomic E-state index is 0.0904. The number of piperidine rings is 1. The third-order valence-corrected chi connectivity index (χ3v) is 4.60. The van der Waals surface area contributed by atoms with Crippen LogP contribution in [0, 0.1) is 0 Å². The number of methoxy groups -OCH3 is 3. The van der Waals surface area contributed by atoms with Crippen LogP contribution in [0.15, 0.2) is 36.7 Å². The Labute approximate surface area is 164 Å². The highest BCUT2D eigenvalue weighted by atomic mass is 16.5. The first-order chi connectivity index (χ1) is 13.6. The average Bonchev–Trinajstić information content (AvgIpc) is 2.74. The van der Waals surface area contributed by atoms with Crippen LogP contribution in [-0.2, 0) is 0 Å². The smallest absolute Gasteiger partial charge is 0.321 e. The van der Waals surface area contributed by atoms with Crippen LogP contribution in [0.4, 0.5) is 10.5 Å². The van der Waals surface area contributed by atoms with E-state index in [4.69, 9.17) is 18.9 Å². The Balaban J connectivity index is 1.58. The SMILES string of the molecule is COc1cc(NC(=O)N2CCC(Oc3ccncc3)CC2)cc(OC)c1OC. The zero-order valence-corrected chi connectivity index (χ0v) is 16.3. The summed E-state index contributed by atoms with van der Waals surface area (Å²) in [5.41, 5.74) is 0.578. The Bertz CT molecular complexity index is 767. The summed E-state index contributed by atoms with van der Waals surface area (Å²) in [6.45, 7) is 1.23. The summed E-state index contributed by atoms with van der Waals surface area (Å²) in [6.07, 6.45) is 5.04. The second-order valence-corrected chi connectivity index (χ2v) is 6.33. The van der Waals surface area contributed by atoms with E-state index in [-0.39, 0.29) is 12.1 Å². The van der Waals surface area contributed by atoms with E-state index in [0.717, 1.165) is 18.6 Å². The minimum atomic E-state index is -0.170. The lowest BCUT2D eigenvalue weighted by Gasteiger charge is -2.32. The van der Waals surface area contributed by atoms with Crippen molar-refractivity contribution in [1.82, 2.24) is 9.88 Å². The molecule has 1 N–H and O–H groups in total. The molecule has 0 unspecified atom stereocenters. The molecule has 1 aromatic carbocycles. The second-order valence-electron chi connectivity index (χ2n) is 6.33. The Morgan fingerprint density at radius 3 is 2.18 bits per heavy atom. The van der Waals surface area contributed by atoms with Crippen LogP contribution in [-0.4, -0.2) is 56.4 Å². The number of likely N-dealkylation sites (tertiary alicyclic amines) is 1. The first-order valence-corrected chi connectivity index (χ1v) is 9.07. The quantitative estimate of drug-likeness (QED) is 0.820. The number of carbonyl (C=O) groups excluding carboxylic acids is 1. The van der Waals surface area contributed by atoms with Gasteiger partial charge in [-0.25, -0.2) is 4.79 Å². The van der Waals surface area contributed by atoms with Crippen LogP contribution >= 0.6 is 0 Å². The van der Waals surface area contributed by atoms with Gasteiger partial charge in [-0.05, 0) is 12.1 Å². The lowest BCUT2D eigenvalue weighted by atomic mass is 10.1. The van der Waals surface area contributed by atoms with E-state index in [0.29, 0.717) is 36.0 Å². The number of aromatic nitrogens is 1. The average molecular weight is 387 g/mol. The highest BCUT2D eigenvalue weighted by Gasteiger charge is 2.24. The fourth-order valence-electron chi connectivity index (χ4n) is 3.14. The normalized spacial score (nSPS) is 14.3. The number of urea groups is 1. The molecule has 0 aliphatic carbocycles. The molecular formula is C20H25N3O5. The van der Waals surface area contributed by atoms with Gasteiger partial charge in [0.1, 0.15) is 11.9 Å². The lowest BCUT2D eigenvalue weighted by molar-refractivity contribution is 0.115.